The largest absolute Gasteiger partial charge is 0.481 e. The number of nitriles is 1. The van der Waals surface area contributed by atoms with Crippen molar-refractivity contribution in [2.75, 3.05) is 0 Å². The number of benzene rings is 1. The van der Waals surface area contributed by atoms with E-state index in [2.05, 4.69) is 5.32 Å². The van der Waals surface area contributed by atoms with Gasteiger partial charge in [0.15, 0.2) is 0 Å². The van der Waals surface area contributed by atoms with E-state index in [1.165, 1.54) is 6.92 Å². The van der Waals surface area contributed by atoms with Crippen LogP contribution in [0, 0.1) is 11.3 Å². The SMILES string of the molecule is CC(CC(=O)O)(NCc1ccc(C#N)cc1)C(F)F. The van der Waals surface area contributed by atoms with Crippen molar-refractivity contribution in [3.8, 4) is 6.07 Å². The highest BCUT2D eigenvalue weighted by Crippen LogP contribution is 2.20. The maximum Gasteiger partial charge on any atom is 0.305 e. The number of carboxylic acids is 1. The summed E-state index contributed by atoms with van der Waals surface area (Å²) in [5.41, 5.74) is -0.595. The molecular formula is C13H14F2N2O2. The van der Waals surface area contributed by atoms with E-state index in [1.54, 1.807) is 24.3 Å². The van der Waals surface area contributed by atoms with Gasteiger partial charge in [0.05, 0.1) is 23.6 Å². The van der Waals surface area contributed by atoms with Gasteiger partial charge in [-0.2, -0.15) is 5.26 Å². The minimum atomic E-state index is -2.79. The summed E-state index contributed by atoms with van der Waals surface area (Å²) in [6, 6.07) is 8.38. The maximum atomic E-state index is 12.9. The van der Waals surface area contributed by atoms with Crippen LogP contribution in [0.2, 0.25) is 0 Å². The average Bonchev–Trinajstić information content (AvgIpc) is 2.36. The number of halogens is 2. The molecule has 1 atom stereocenters. The van der Waals surface area contributed by atoms with Crippen molar-refractivity contribution in [1.82, 2.24) is 5.32 Å². The molecule has 1 aromatic carbocycles. The Morgan fingerprint density at radius 2 is 2.05 bits per heavy atom. The molecule has 0 aliphatic heterocycles. The van der Waals surface area contributed by atoms with Crippen LogP contribution in [0.3, 0.4) is 0 Å². The molecule has 0 bridgehead atoms. The van der Waals surface area contributed by atoms with E-state index in [-0.39, 0.29) is 6.54 Å². The molecule has 0 aliphatic rings. The van der Waals surface area contributed by atoms with Gasteiger partial charge < -0.3 is 10.4 Å². The van der Waals surface area contributed by atoms with Crippen molar-refractivity contribution in [1.29, 1.82) is 5.26 Å². The number of nitrogens with zero attached hydrogens (tertiary/aromatic N) is 1. The van der Waals surface area contributed by atoms with E-state index in [1.807, 2.05) is 6.07 Å². The Kier molecular flexibility index (Phi) is 4.95. The molecule has 1 rings (SSSR count). The highest BCUT2D eigenvalue weighted by molar-refractivity contribution is 5.68. The third-order valence-electron chi connectivity index (χ3n) is 2.78. The molecule has 0 fully saturated rings. The van der Waals surface area contributed by atoms with Gasteiger partial charge in [0.2, 0.25) is 0 Å². The molecule has 102 valence electrons. The van der Waals surface area contributed by atoms with Crippen molar-refractivity contribution < 1.29 is 18.7 Å². The van der Waals surface area contributed by atoms with E-state index in [4.69, 9.17) is 10.4 Å². The second-order valence-corrected chi connectivity index (χ2v) is 4.45. The summed E-state index contributed by atoms with van der Waals surface area (Å²) in [5.74, 6) is -1.28. The lowest BCUT2D eigenvalue weighted by Crippen LogP contribution is -2.49. The van der Waals surface area contributed by atoms with Crippen LogP contribution in [0.1, 0.15) is 24.5 Å². The zero-order valence-electron chi connectivity index (χ0n) is 10.4. The second kappa shape index (κ2) is 6.25. The molecule has 0 aliphatic carbocycles. The van der Waals surface area contributed by atoms with Crippen LogP contribution in [0.5, 0.6) is 0 Å². The van der Waals surface area contributed by atoms with Crippen molar-refractivity contribution in [3.05, 3.63) is 35.4 Å². The fourth-order valence-electron chi connectivity index (χ4n) is 1.53. The van der Waals surface area contributed by atoms with Crippen LogP contribution in [-0.2, 0) is 11.3 Å². The van der Waals surface area contributed by atoms with Gasteiger partial charge in [0.1, 0.15) is 0 Å². The molecule has 0 aromatic heterocycles. The molecule has 4 nitrogen and oxygen atoms in total. The Bertz CT molecular complexity index is 482. The van der Waals surface area contributed by atoms with Gasteiger partial charge in [0, 0.05) is 6.54 Å². The fraction of sp³-hybridized carbons (Fsp3) is 0.385. The van der Waals surface area contributed by atoms with E-state index in [9.17, 15) is 13.6 Å². The van der Waals surface area contributed by atoms with Gasteiger partial charge in [-0.05, 0) is 24.6 Å². The lowest BCUT2D eigenvalue weighted by molar-refractivity contribution is -0.140. The zero-order chi connectivity index (χ0) is 14.5. The minimum Gasteiger partial charge on any atom is -0.481 e. The highest BCUT2D eigenvalue weighted by atomic mass is 19.3. The molecule has 0 saturated carbocycles. The molecule has 6 heteroatoms. The van der Waals surface area contributed by atoms with Crippen molar-refractivity contribution in [3.63, 3.8) is 0 Å². The fourth-order valence-corrected chi connectivity index (χ4v) is 1.53. The van der Waals surface area contributed by atoms with Gasteiger partial charge in [-0.15, -0.1) is 0 Å². The molecule has 0 saturated heterocycles. The van der Waals surface area contributed by atoms with Crippen LogP contribution in [0.25, 0.3) is 0 Å². The normalized spacial score (nSPS) is 13.8. The van der Waals surface area contributed by atoms with E-state index >= 15 is 0 Å². The summed E-state index contributed by atoms with van der Waals surface area (Å²) in [5, 5.41) is 19.9. The van der Waals surface area contributed by atoms with Crippen LogP contribution in [0.4, 0.5) is 8.78 Å². The summed E-state index contributed by atoms with van der Waals surface area (Å²) in [6.07, 6.45) is -3.46. The van der Waals surface area contributed by atoms with Crippen molar-refractivity contribution in [2.45, 2.75) is 31.9 Å². The minimum absolute atomic E-state index is 0.111. The molecule has 1 aromatic rings. The predicted octanol–water partition coefficient (Wildman–Crippen LogP) is 2.15. The average molecular weight is 268 g/mol. The standard InChI is InChI=1S/C13H14F2N2O2/c1-13(12(14)15,6-11(18)19)17-8-10-4-2-9(7-16)3-5-10/h2-5,12,17H,6,8H2,1H3,(H,18,19). The molecule has 0 amide bonds. The van der Waals surface area contributed by atoms with E-state index in [0.29, 0.717) is 11.1 Å². The van der Waals surface area contributed by atoms with Gasteiger partial charge in [-0.3, -0.25) is 4.79 Å². The summed E-state index contributed by atoms with van der Waals surface area (Å²) < 4.78 is 25.8. The third-order valence-corrected chi connectivity index (χ3v) is 2.78. The first-order chi connectivity index (χ1) is 8.87. The molecular weight excluding hydrogens is 254 g/mol. The molecule has 19 heavy (non-hydrogen) atoms. The molecule has 2 N–H and O–H groups in total. The number of hydrogen-bond acceptors (Lipinski definition) is 3. The maximum absolute atomic E-state index is 12.9. The van der Waals surface area contributed by atoms with Crippen LogP contribution in [0.15, 0.2) is 24.3 Å². The number of hydrogen-bond donors (Lipinski definition) is 2. The van der Waals surface area contributed by atoms with Crippen LogP contribution >= 0.6 is 0 Å². The van der Waals surface area contributed by atoms with Crippen molar-refractivity contribution in [2.24, 2.45) is 0 Å². The monoisotopic (exact) mass is 268 g/mol. The third kappa shape index (κ3) is 4.30. The Morgan fingerprint density at radius 1 is 1.47 bits per heavy atom. The number of alkyl halides is 2. The van der Waals surface area contributed by atoms with Gasteiger partial charge >= 0.3 is 5.97 Å². The number of nitrogens with one attached hydrogen (secondary N) is 1. The van der Waals surface area contributed by atoms with Gasteiger partial charge in [-0.25, -0.2) is 8.78 Å². The highest BCUT2D eigenvalue weighted by Gasteiger charge is 2.36. The summed E-state index contributed by atoms with van der Waals surface area (Å²) in [4.78, 5) is 10.6. The van der Waals surface area contributed by atoms with Gasteiger partial charge in [0.25, 0.3) is 6.43 Å². The lowest BCUT2D eigenvalue weighted by Gasteiger charge is -2.28. The predicted molar refractivity (Wildman–Crippen MR) is 64.7 cm³/mol. The molecule has 0 spiro atoms. The lowest BCUT2D eigenvalue weighted by atomic mass is 9.98. The van der Waals surface area contributed by atoms with E-state index in [0.717, 1.165) is 0 Å². The number of carboxylic acid groups (broad SMARTS) is 1. The Balaban J connectivity index is 2.71. The Hall–Kier alpha value is -2.00. The summed E-state index contributed by atoms with van der Waals surface area (Å²) in [7, 11) is 0. The van der Waals surface area contributed by atoms with Crippen LogP contribution < -0.4 is 5.32 Å². The second-order valence-electron chi connectivity index (χ2n) is 4.45. The first-order valence-electron chi connectivity index (χ1n) is 5.61. The van der Waals surface area contributed by atoms with Crippen LogP contribution in [-0.4, -0.2) is 23.0 Å². The number of rotatable bonds is 6. The first kappa shape index (κ1) is 15.1. The number of aliphatic carboxylic acids is 1. The molecule has 1 unspecified atom stereocenters. The number of carbonyl (C=O) groups is 1. The Labute approximate surface area is 109 Å². The summed E-state index contributed by atoms with van der Waals surface area (Å²) >= 11 is 0. The summed E-state index contributed by atoms with van der Waals surface area (Å²) in [6.45, 7) is 1.29. The van der Waals surface area contributed by atoms with E-state index < -0.39 is 24.4 Å². The van der Waals surface area contributed by atoms with Gasteiger partial charge in [-0.1, -0.05) is 12.1 Å². The smallest absolute Gasteiger partial charge is 0.305 e. The zero-order valence-corrected chi connectivity index (χ0v) is 10.4. The Morgan fingerprint density at radius 3 is 2.47 bits per heavy atom. The quantitative estimate of drug-likeness (QED) is 0.829. The molecule has 0 heterocycles. The first-order valence-corrected chi connectivity index (χ1v) is 5.61. The van der Waals surface area contributed by atoms with Crippen molar-refractivity contribution >= 4 is 5.97 Å². The topological polar surface area (TPSA) is 73.1 Å². The molecule has 0 radical (unpaired) electrons.